The molecule has 1 aliphatic rings. The van der Waals surface area contributed by atoms with E-state index >= 15 is 0 Å². The van der Waals surface area contributed by atoms with Gasteiger partial charge in [0.15, 0.2) is 11.5 Å². The summed E-state index contributed by atoms with van der Waals surface area (Å²) in [5, 5.41) is 8.86. The van der Waals surface area contributed by atoms with E-state index in [0.717, 1.165) is 51.5 Å². The van der Waals surface area contributed by atoms with E-state index in [1.54, 1.807) is 6.92 Å². The first-order valence-corrected chi connectivity index (χ1v) is 10.8. The fourth-order valence-corrected chi connectivity index (χ4v) is 4.20. The maximum atomic E-state index is 13.1. The number of hydrogen-bond acceptors (Lipinski definition) is 6. The average Bonchev–Trinajstić information content (AvgIpc) is 3.30. The minimum absolute atomic E-state index is 0.161. The Hall–Kier alpha value is -3.69. The highest BCUT2D eigenvalue weighted by Crippen LogP contribution is 2.29. The van der Waals surface area contributed by atoms with E-state index in [1.807, 2.05) is 37.1 Å². The Balaban J connectivity index is 1.54. The second kappa shape index (κ2) is 8.02. The smallest absolute Gasteiger partial charge is 0.280 e. The van der Waals surface area contributed by atoms with Gasteiger partial charge < -0.3 is 4.90 Å². The molecule has 0 radical (unpaired) electrons. The van der Waals surface area contributed by atoms with Gasteiger partial charge in [0.1, 0.15) is 5.69 Å². The summed E-state index contributed by atoms with van der Waals surface area (Å²) in [6, 6.07) is 2.97. The van der Waals surface area contributed by atoms with Crippen molar-refractivity contribution in [2.75, 3.05) is 11.4 Å². The molecule has 0 spiro atoms. The van der Waals surface area contributed by atoms with Gasteiger partial charge in [-0.3, -0.25) is 14.5 Å². The van der Waals surface area contributed by atoms with Crippen LogP contribution in [0.1, 0.15) is 41.4 Å². The maximum Gasteiger partial charge on any atom is 0.280 e. The number of anilines is 1. The molecular weight excluding hydrogens is 428 g/mol. The number of rotatable bonds is 4. The van der Waals surface area contributed by atoms with Gasteiger partial charge in [0, 0.05) is 72.5 Å². The van der Waals surface area contributed by atoms with Gasteiger partial charge in [-0.2, -0.15) is 9.61 Å². The Morgan fingerprint density at radius 1 is 1.12 bits per heavy atom. The molecule has 0 fully saturated rings. The molecule has 5 heterocycles. The highest BCUT2D eigenvalue weighted by molar-refractivity contribution is 5.64. The van der Waals surface area contributed by atoms with Crippen LogP contribution in [0.15, 0.2) is 35.5 Å². The van der Waals surface area contributed by atoms with Crippen molar-refractivity contribution >= 4 is 11.5 Å². The normalized spacial score (nSPS) is 13.7. The number of hydrogen-bond donors (Lipinski definition) is 0. The van der Waals surface area contributed by atoms with E-state index in [1.165, 1.54) is 0 Å². The quantitative estimate of drug-likeness (QED) is 0.473. The SMILES string of the molecule is CCn1cc(-c2cnc3c(c2)CN(c2nn4c(=O)cc(C(F)F)nc4c(C)c2C)CC3)cn1. The van der Waals surface area contributed by atoms with Crippen molar-refractivity contribution in [2.24, 2.45) is 0 Å². The summed E-state index contributed by atoms with van der Waals surface area (Å²) in [7, 11) is 0. The van der Waals surface area contributed by atoms with Gasteiger partial charge in [-0.25, -0.2) is 13.8 Å². The monoisotopic (exact) mass is 451 g/mol. The lowest BCUT2D eigenvalue weighted by Gasteiger charge is -2.31. The molecule has 170 valence electrons. The summed E-state index contributed by atoms with van der Waals surface area (Å²) >= 11 is 0. The minimum atomic E-state index is -2.81. The molecule has 10 heteroatoms. The number of pyridine rings is 1. The van der Waals surface area contributed by atoms with E-state index in [2.05, 4.69) is 31.1 Å². The highest BCUT2D eigenvalue weighted by atomic mass is 19.3. The van der Waals surface area contributed by atoms with Crippen LogP contribution in [-0.4, -0.2) is 35.9 Å². The average molecular weight is 451 g/mol. The fraction of sp³-hybridized carbons (Fsp3) is 0.348. The van der Waals surface area contributed by atoms with Crippen LogP contribution in [0.4, 0.5) is 14.6 Å². The molecule has 0 N–H and O–H groups in total. The van der Waals surface area contributed by atoms with Crippen molar-refractivity contribution in [2.45, 2.75) is 46.7 Å². The first-order chi connectivity index (χ1) is 15.9. The van der Waals surface area contributed by atoms with Crippen molar-refractivity contribution in [1.29, 1.82) is 0 Å². The first-order valence-electron chi connectivity index (χ1n) is 10.8. The van der Waals surface area contributed by atoms with Crippen molar-refractivity contribution in [3.8, 4) is 11.1 Å². The van der Waals surface area contributed by atoms with Gasteiger partial charge in [0.2, 0.25) is 0 Å². The molecule has 0 unspecified atom stereocenters. The number of halogens is 2. The lowest BCUT2D eigenvalue weighted by Crippen LogP contribution is -2.34. The van der Waals surface area contributed by atoms with Gasteiger partial charge in [0.25, 0.3) is 12.0 Å². The zero-order valence-electron chi connectivity index (χ0n) is 18.6. The van der Waals surface area contributed by atoms with Crippen molar-refractivity contribution in [3.63, 3.8) is 0 Å². The molecule has 0 saturated heterocycles. The van der Waals surface area contributed by atoms with Crippen molar-refractivity contribution in [1.82, 2.24) is 29.4 Å². The zero-order chi connectivity index (χ0) is 23.3. The van der Waals surface area contributed by atoms with E-state index in [9.17, 15) is 13.6 Å². The molecule has 0 saturated carbocycles. The number of alkyl halides is 2. The van der Waals surface area contributed by atoms with Crippen LogP contribution < -0.4 is 10.5 Å². The predicted molar refractivity (Wildman–Crippen MR) is 120 cm³/mol. The van der Waals surface area contributed by atoms with Crippen LogP contribution >= 0.6 is 0 Å². The lowest BCUT2D eigenvalue weighted by molar-refractivity contribution is 0.146. The van der Waals surface area contributed by atoms with Gasteiger partial charge >= 0.3 is 0 Å². The number of aromatic nitrogens is 6. The molecule has 8 nitrogen and oxygen atoms in total. The Morgan fingerprint density at radius 2 is 1.94 bits per heavy atom. The largest absolute Gasteiger partial charge is 0.350 e. The molecule has 33 heavy (non-hydrogen) atoms. The summed E-state index contributed by atoms with van der Waals surface area (Å²) in [6.45, 7) is 7.75. The summed E-state index contributed by atoms with van der Waals surface area (Å²) in [5.41, 5.74) is 4.60. The van der Waals surface area contributed by atoms with Crippen molar-refractivity contribution < 1.29 is 8.78 Å². The second-order valence-electron chi connectivity index (χ2n) is 8.22. The van der Waals surface area contributed by atoms with E-state index in [4.69, 9.17) is 0 Å². The second-order valence-corrected chi connectivity index (χ2v) is 8.22. The van der Waals surface area contributed by atoms with Crippen LogP contribution in [0.2, 0.25) is 0 Å². The Kier molecular flexibility index (Phi) is 5.15. The molecule has 4 aromatic rings. The van der Waals surface area contributed by atoms with Gasteiger partial charge in [-0.15, -0.1) is 5.10 Å². The molecule has 4 aromatic heterocycles. The van der Waals surface area contributed by atoms with Gasteiger partial charge in [0.05, 0.1) is 6.20 Å². The predicted octanol–water partition coefficient (Wildman–Crippen LogP) is 3.49. The highest BCUT2D eigenvalue weighted by Gasteiger charge is 2.24. The third kappa shape index (κ3) is 3.65. The van der Waals surface area contributed by atoms with E-state index in [-0.39, 0.29) is 5.65 Å². The molecular formula is C23H23F2N7O. The van der Waals surface area contributed by atoms with Crippen LogP contribution in [0.25, 0.3) is 16.8 Å². The number of nitrogens with zero attached hydrogens (tertiary/aromatic N) is 7. The lowest BCUT2D eigenvalue weighted by atomic mass is 10.0. The Labute approximate surface area is 188 Å². The van der Waals surface area contributed by atoms with Gasteiger partial charge in [-0.1, -0.05) is 0 Å². The molecule has 0 aliphatic carbocycles. The third-order valence-corrected chi connectivity index (χ3v) is 6.20. The standard InChI is InChI=1S/C23H23F2N7O/c1-4-31-12-17(10-27-31)15-7-16-11-30(6-5-18(16)26-9-15)23-14(3)13(2)22-28-19(21(24)25)8-20(33)32(22)29-23/h7-10,12,21H,4-6,11H2,1-3H3. The number of aryl methyl sites for hydroxylation is 2. The summed E-state index contributed by atoms with van der Waals surface area (Å²) in [5.74, 6) is 0.642. The van der Waals surface area contributed by atoms with Crippen LogP contribution in [0.5, 0.6) is 0 Å². The topological polar surface area (TPSA) is 81.2 Å². The van der Waals surface area contributed by atoms with Crippen LogP contribution in [0.3, 0.4) is 0 Å². The minimum Gasteiger partial charge on any atom is -0.350 e. The van der Waals surface area contributed by atoms with Crippen LogP contribution in [-0.2, 0) is 19.5 Å². The maximum absolute atomic E-state index is 13.1. The molecule has 0 aromatic carbocycles. The molecule has 1 aliphatic heterocycles. The van der Waals surface area contributed by atoms with Crippen molar-refractivity contribution in [3.05, 3.63) is 69.2 Å². The molecule has 0 atom stereocenters. The Morgan fingerprint density at radius 3 is 2.67 bits per heavy atom. The van der Waals surface area contributed by atoms with Gasteiger partial charge in [-0.05, 0) is 32.4 Å². The van der Waals surface area contributed by atoms with Crippen LogP contribution in [0, 0.1) is 13.8 Å². The zero-order valence-corrected chi connectivity index (χ0v) is 18.6. The molecule has 5 rings (SSSR count). The number of fused-ring (bicyclic) bond motifs is 2. The summed E-state index contributed by atoms with van der Waals surface area (Å²) in [4.78, 5) is 23.3. The fourth-order valence-electron chi connectivity index (χ4n) is 4.20. The Bertz CT molecular complexity index is 1430. The van der Waals surface area contributed by atoms with E-state index in [0.29, 0.717) is 24.5 Å². The summed E-state index contributed by atoms with van der Waals surface area (Å²) < 4.78 is 29.3. The molecule has 0 amide bonds. The molecule has 0 bridgehead atoms. The third-order valence-electron chi connectivity index (χ3n) is 6.20. The summed E-state index contributed by atoms with van der Waals surface area (Å²) in [6.07, 6.45) is 3.63. The van der Waals surface area contributed by atoms with E-state index < -0.39 is 17.7 Å². The first kappa shape index (κ1) is 21.2.